The van der Waals surface area contributed by atoms with E-state index in [2.05, 4.69) is 22.4 Å². The van der Waals surface area contributed by atoms with Crippen molar-refractivity contribution in [2.24, 2.45) is 0 Å². The molecule has 0 radical (unpaired) electrons. The maximum Gasteiger partial charge on any atom is 0.125 e. The molecular formula is C14H17N3. The van der Waals surface area contributed by atoms with Crippen LogP contribution in [-0.4, -0.2) is 11.5 Å². The molecule has 1 aliphatic rings. The highest BCUT2D eigenvalue weighted by molar-refractivity contribution is 5.38. The lowest BCUT2D eigenvalue weighted by molar-refractivity contribution is 0.679. The number of hydrogen-bond acceptors (Lipinski definition) is 3. The van der Waals surface area contributed by atoms with Crippen molar-refractivity contribution in [2.45, 2.75) is 32.1 Å². The van der Waals surface area contributed by atoms with Crippen LogP contribution in [0.5, 0.6) is 0 Å². The highest BCUT2D eigenvalue weighted by atomic mass is 15.0. The minimum atomic E-state index is 0.602. The van der Waals surface area contributed by atoms with E-state index in [0.29, 0.717) is 5.56 Å². The van der Waals surface area contributed by atoms with E-state index in [-0.39, 0.29) is 0 Å². The Balaban J connectivity index is 1.77. The van der Waals surface area contributed by atoms with Gasteiger partial charge in [-0.2, -0.15) is 5.26 Å². The second-order valence-corrected chi connectivity index (χ2v) is 4.33. The molecule has 0 aliphatic heterocycles. The van der Waals surface area contributed by atoms with Crippen LogP contribution in [0.25, 0.3) is 0 Å². The second-order valence-electron chi connectivity index (χ2n) is 4.33. The van der Waals surface area contributed by atoms with Gasteiger partial charge in [0, 0.05) is 12.7 Å². The first-order valence-electron chi connectivity index (χ1n) is 6.16. The minimum Gasteiger partial charge on any atom is -0.370 e. The van der Waals surface area contributed by atoms with Crippen molar-refractivity contribution in [3.63, 3.8) is 0 Å². The van der Waals surface area contributed by atoms with Crippen molar-refractivity contribution in [3.05, 3.63) is 35.5 Å². The zero-order valence-electron chi connectivity index (χ0n) is 9.95. The van der Waals surface area contributed by atoms with Crippen LogP contribution in [0.15, 0.2) is 30.0 Å². The molecule has 3 heteroatoms. The van der Waals surface area contributed by atoms with Gasteiger partial charge >= 0.3 is 0 Å². The summed E-state index contributed by atoms with van der Waals surface area (Å²) in [6.45, 7) is 0.921. The van der Waals surface area contributed by atoms with Crippen LogP contribution in [0.2, 0.25) is 0 Å². The van der Waals surface area contributed by atoms with Crippen LogP contribution < -0.4 is 5.32 Å². The van der Waals surface area contributed by atoms with E-state index in [4.69, 9.17) is 5.26 Å². The number of rotatable bonds is 4. The number of nitrogens with zero attached hydrogens (tertiary/aromatic N) is 2. The van der Waals surface area contributed by atoms with Crippen molar-refractivity contribution < 1.29 is 0 Å². The molecular weight excluding hydrogens is 210 g/mol. The van der Waals surface area contributed by atoms with Crippen LogP contribution in [0.3, 0.4) is 0 Å². The van der Waals surface area contributed by atoms with E-state index in [1.807, 2.05) is 6.07 Å². The number of hydrogen-bond donors (Lipinski definition) is 1. The van der Waals surface area contributed by atoms with Gasteiger partial charge in [-0.05, 0) is 44.2 Å². The van der Waals surface area contributed by atoms with Gasteiger partial charge in [0.15, 0.2) is 0 Å². The predicted octanol–water partition coefficient (Wildman–Crippen LogP) is 3.26. The van der Waals surface area contributed by atoms with Crippen molar-refractivity contribution in [2.75, 3.05) is 11.9 Å². The van der Waals surface area contributed by atoms with E-state index in [9.17, 15) is 0 Å². The van der Waals surface area contributed by atoms with Crippen LogP contribution in [0.1, 0.15) is 37.7 Å². The standard InChI is InChI=1S/C14H17N3/c15-10-13-6-7-14(17-11-13)16-9-8-12-4-2-1-3-5-12/h4,6-7,11H,1-3,5,8-9H2,(H,16,17). The molecule has 1 aromatic heterocycles. The number of nitriles is 1. The van der Waals surface area contributed by atoms with Crippen molar-refractivity contribution in [3.8, 4) is 6.07 Å². The first-order chi connectivity index (χ1) is 8.38. The van der Waals surface area contributed by atoms with E-state index in [1.54, 1.807) is 17.8 Å². The first kappa shape index (κ1) is 11.7. The molecule has 0 aromatic carbocycles. The lowest BCUT2D eigenvalue weighted by Gasteiger charge is -2.13. The molecule has 0 atom stereocenters. The highest BCUT2D eigenvalue weighted by Gasteiger charge is 2.03. The topological polar surface area (TPSA) is 48.7 Å². The Morgan fingerprint density at radius 2 is 2.29 bits per heavy atom. The van der Waals surface area contributed by atoms with Crippen LogP contribution in [-0.2, 0) is 0 Å². The summed E-state index contributed by atoms with van der Waals surface area (Å²) in [6, 6.07) is 5.70. The van der Waals surface area contributed by atoms with Gasteiger partial charge < -0.3 is 5.32 Å². The van der Waals surface area contributed by atoms with Gasteiger partial charge in [-0.25, -0.2) is 4.98 Å². The molecule has 0 bridgehead atoms. The summed E-state index contributed by atoms with van der Waals surface area (Å²) in [5.74, 6) is 0.848. The maximum atomic E-state index is 8.66. The number of aromatic nitrogens is 1. The smallest absolute Gasteiger partial charge is 0.125 e. The molecule has 1 aliphatic carbocycles. The molecule has 0 amide bonds. The molecule has 0 spiro atoms. The third-order valence-corrected chi connectivity index (χ3v) is 3.03. The summed E-state index contributed by atoms with van der Waals surface area (Å²) in [7, 11) is 0. The Labute approximate surface area is 102 Å². The Hall–Kier alpha value is -1.82. The first-order valence-corrected chi connectivity index (χ1v) is 6.16. The van der Waals surface area contributed by atoms with Gasteiger partial charge in [0.2, 0.25) is 0 Å². The Kier molecular flexibility index (Phi) is 4.15. The van der Waals surface area contributed by atoms with Gasteiger partial charge in [-0.15, -0.1) is 0 Å². The molecule has 2 rings (SSSR count). The lowest BCUT2D eigenvalue weighted by Crippen LogP contribution is -2.05. The van der Waals surface area contributed by atoms with Crippen molar-refractivity contribution in [1.82, 2.24) is 4.98 Å². The van der Waals surface area contributed by atoms with Gasteiger partial charge in [-0.1, -0.05) is 11.6 Å². The molecule has 0 saturated heterocycles. The maximum absolute atomic E-state index is 8.66. The van der Waals surface area contributed by atoms with E-state index >= 15 is 0 Å². The van der Waals surface area contributed by atoms with Crippen molar-refractivity contribution in [1.29, 1.82) is 5.26 Å². The second kappa shape index (κ2) is 6.05. The predicted molar refractivity (Wildman–Crippen MR) is 68.6 cm³/mol. The normalized spacial score (nSPS) is 14.9. The third kappa shape index (κ3) is 3.60. The van der Waals surface area contributed by atoms with Gasteiger partial charge in [-0.3, -0.25) is 0 Å². The average molecular weight is 227 g/mol. The molecule has 3 nitrogen and oxygen atoms in total. The molecule has 88 valence electrons. The molecule has 1 N–H and O–H groups in total. The number of allylic oxidation sites excluding steroid dienone is 1. The summed E-state index contributed by atoms with van der Waals surface area (Å²) in [5, 5.41) is 11.9. The summed E-state index contributed by atoms with van der Waals surface area (Å²) >= 11 is 0. The fourth-order valence-electron chi connectivity index (χ4n) is 2.05. The number of nitrogens with one attached hydrogen (secondary N) is 1. The molecule has 0 fully saturated rings. The number of pyridine rings is 1. The zero-order valence-corrected chi connectivity index (χ0v) is 9.95. The quantitative estimate of drug-likeness (QED) is 0.803. The van der Waals surface area contributed by atoms with Gasteiger partial charge in [0.25, 0.3) is 0 Å². The lowest BCUT2D eigenvalue weighted by atomic mass is 9.97. The molecule has 0 saturated carbocycles. The molecule has 1 aromatic rings. The van der Waals surface area contributed by atoms with Crippen LogP contribution in [0, 0.1) is 11.3 Å². The summed E-state index contributed by atoms with van der Waals surface area (Å²) < 4.78 is 0. The fourth-order valence-corrected chi connectivity index (χ4v) is 2.05. The minimum absolute atomic E-state index is 0.602. The summed E-state index contributed by atoms with van der Waals surface area (Å²) in [4.78, 5) is 4.18. The SMILES string of the molecule is N#Cc1ccc(NCCC2=CCCCC2)nc1. The van der Waals surface area contributed by atoms with Gasteiger partial charge in [0.1, 0.15) is 11.9 Å². The van der Waals surface area contributed by atoms with E-state index in [1.165, 1.54) is 25.7 Å². The Bertz CT molecular complexity index is 426. The van der Waals surface area contributed by atoms with Crippen LogP contribution in [0.4, 0.5) is 5.82 Å². The Morgan fingerprint density at radius 1 is 1.35 bits per heavy atom. The highest BCUT2D eigenvalue weighted by Crippen LogP contribution is 2.19. The summed E-state index contributed by atoms with van der Waals surface area (Å²) in [6.07, 6.45) is 10.2. The van der Waals surface area contributed by atoms with E-state index in [0.717, 1.165) is 18.8 Å². The van der Waals surface area contributed by atoms with Crippen LogP contribution >= 0.6 is 0 Å². The zero-order chi connectivity index (χ0) is 11.9. The van der Waals surface area contributed by atoms with E-state index < -0.39 is 0 Å². The van der Waals surface area contributed by atoms with Crippen molar-refractivity contribution >= 4 is 5.82 Å². The molecule has 17 heavy (non-hydrogen) atoms. The number of anilines is 1. The fraction of sp³-hybridized carbons (Fsp3) is 0.429. The third-order valence-electron chi connectivity index (χ3n) is 3.03. The molecule has 0 unspecified atom stereocenters. The molecule has 1 heterocycles. The Morgan fingerprint density at radius 3 is 2.94 bits per heavy atom. The largest absolute Gasteiger partial charge is 0.370 e. The average Bonchev–Trinajstić information content (AvgIpc) is 2.41. The monoisotopic (exact) mass is 227 g/mol. The summed E-state index contributed by atoms with van der Waals surface area (Å²) in [5.41, 5.74) is 2.17. The van der Waals surface area contributed by atoms with Gasteiger partial charge in [0.05, 0.1) is 5.56 Å².